The predicted octanol–water partition coefficient (Wildman–Crippen LogP) is 2.26. The summed E-state index contributed by atoms with van der Waals surface area (Å²) in [5.41, 5.74) is -0.0553. The molecule has 0 amide bonds. The molecule has 0 radical (unpaired) electrons. The van der Waals surface area contributed by atoms with E-state index in [9.17, 15) is 8.78 Å². The maximum absolute atomic E-state index is 12.7. The fourth-order valence-electron chi connectivity index (χ4n) is 1.28. The van der Waals surface area contributed by atoms with E-state index in [2.05, 4.69) is 4.98 Å². The normalized spacial score (nSPS) is 10.8. The van der Waals surface area contributed by atoms with E-state index in [1.807, 2.05) is 0 Å². The highest BCUT2D eigenvalue weighted by molar-refractivity contribution is 6.17. The molecule has 1 aromatic rings. The van der Waals surface area contributed by atoms with Crippen molar-refractivity contribution in [3.05, 3.63) is 23.0 Å². The Kier molecular flexibility index (Phi) is 4.23. The van der Waals surface area contributed by atoms with Gasteiger partial charge >= 0.3 is 0 Å². The van der Waals surface area contributed by atoms with Gasteiger partial charge in [-0.05, 0) is 0 Å². The minimum Gasteiger partial charge on any atom is -0.495 e. The molecule has 0 aliphatic carbocycles. The Morgan fingerprint density at radius 1 is 1.60 bits per heavy atom. The first-order valence-electron chi connectivity index (χ1n) is 4.15. The van der Waals surface area contributed by atoms with Gasteiger partial charge in [-0.3, -0.25) is 4.98 Å². The second-order valence-corrected chi connectivity index (χ2v) is 3.03. The van der Waals surface area contributed by atoms with Crippen molar-refractivity contribution in [1.29, 1.82) is 0 Å². The fourth-order valence-corrected chi connectivity index (χ4v) is 1.51. The van der Waals surface area contributed by atoms with E-state index >= 15 is 0 Å². The molecule has 1 heterocycles. The SMILES string of the molecule is COc1cnc(CCl)c(CO)c1C(F)F. The smallest absolute Gasteiger partial charge is 0.267 e. The van der Waals surface area contributed by atoms with Crippen LogP contribution in [0.4, 0.5) is 8.78 Å². The molecule has 3 nitrogen and oxygen atoms in total. The summed E-state index contributed by atoms with van der Waals surface area (Å²) in [7, 11) is 1.27. The molecule has 1 rings (SSSR count). The van der Waals surface area contributed by atoms with Crippen molar-refractivity contribution in [2.45, 2.75) is 18.9 Å². The molecule has 0 aromatic carbocycles. The van der Waals surface area contributed by atoms with Crippen molar-refractivity contribution in [2.24, 2.45) is 0 Å². The summed E-state index contributed by atoms with van der Waals surface area (Å²) < 4.78 is 30.2. The summed E-state index contributed by atoms with van der Waals surface area (Å²) in [5, 5.41) is 9.01. The average molecular weight is 238 g/mol. The molecule has 0 spiro atoms. The minimum atomic E-state index is -2.73. The van der Waals surface area contributed by atoms with E-state index in [1.165, 1.54) is 13.3 Å². The summed E-state index contributed by atoms with van der Waals surface area (Å²) in [4.78, 5) is 3.83. The molecular formula is C9H10ClF2NO2. The van der Waals surface area contributed by atoms with Crippen LogP contribution in [0.3, 0.4) is 0 Å². The number of aliphatic hydroxyl groups is 1. The van der Waals surface area contributed by atoms with Crippen molar-refractivity contribution in [3.63, 3.8) is 0 Å². The minimum absolute atomic E-state index is 0.0282. The van der Waals surface area contributed by atoms with Crippen LogP contribution in [0.2, 0.25) is 0 Å². The third-order valence-electron chi connectivity index (χ3n) is 2.00. The molecule has 0 unspecified atom stereocenters. The first-order valence-corrected chi connectivity index (χ1v) is 4.68. The van der Waals surface area contributed by atoms with Gasteiger partial charge in [0, 0.05) is 5.56 Å². The van der Waals surface area contributed by atoms with E-state index in [-0.39, 0.29) is 28.5 Å². The third kappa shape index (κ3) is 2.35. The van der Waals surface area contributed by atoms with E-state index < -0.39 is 13.0 Å². The summed E-state index contributed by atoms with van der Waals surface area (Å²) in [6, 6.07) is 0. The zero-order chi connectivity index (χ0) is 11.4. The number of hydrogen-bond acceptors (Lipinski definition) is 3. The largest absolute Gasteiger partial charge is 0.495 e. The molecule has 0 aliphatic heterocycles. The average Bonchev–Trinajstić information content (AvgIpc) is 2.26. The fraction of sp³-hybridized carbons (Fsp3) is 0.444. The monoisotopic (exact) mass is 237 g/mol. The Hall–Kier alpha value is -0.940. The van der Waals surface area contributed by atoms with Gasteiger partial charge in [-0.25, -0.2) is 8.78 Å². The maximum atomic E-state index is 12.7. The molecule has 0 saturated heterocycles. The lowest BCUT2D eigenvalue weighted by Gasteiger charge is -2.13. The molecule has 0 saturated carbocycles. The molecule has 0 fully saturated rings. The van der Waals surface area contributed by atoms with E-state index in [0.717, 1.165) is 0 Å². The Morgan fingerprint density at radius 3 is 2.67 bits per heavy atom. The van der Waals surface area contributed by atoms with Crippen LogP contribution in [-0.2, 0) is 12.5 Å². The van der Waals surface area contributed by atoms with Crippen LogP contribution < -0.4 is 4.74 Å². The van der Waals surface area contributed by atoms with Crippen molar-refractivity contribution in [2.75, 3.05) is 7.11 Å². The molecule has 0 bridgehead atoms. The molecule has 6 heteroatoms. The molecule has 15 heavy (non-hydrogen) atoms. The van der Waals surface area contributed by atoms with E-state index in [1.54, 1.807) is 0 Å². The Morgan fingerprint density at radius 2 is 2.27 bits per heavy atom. The molecule has 1 N–H and O–H groups in total. The Bertz CT molecular complexity index is 347. The van der Waals surface area contributed by atoms with Crippen LogP contribution >= 0.6 is 11.6 Å². The van der Waals surface area contributed by atoms with Gasteiger partial charge < -0.3 is 9.84 Å². The van der Waals surface area contributed by atoms with E-state index in [4.69, 9.17) is 21.4 Å². The van der Waals surface area contributed by atoms with Crippen LogP contribution in [0.1, 0.15) is 23.2 Å². The van der Waals surface area contributed by atoms with Crippen molar-refractivity contribution in [3.8, 4) is 5.75 Å². The zero-order valence-electron chi connectivity index (χ0n) is 8.01. The number of alkyl halides is 3. The van der Waals surface area contributed by atoms with Crippen LogP contribution in [0, 0.1) is 0 Å². The topological polar surface area (TPSA) is 42.4 Å². The molecular weight excluding hydrogens is 228 g/mol. The molecule has 0 atom stereocenters. The molecule has 0 aliphatic rings. The van der Waals surface area contributed by atoms with Gasteiger partial charge in [0.15, 0.2) is 0 Å². The zero-order valence-corrected chi connectivity index (χ0v) is 8.76. The summed E-state index contributed by atoms with van der Waals surface area (Å²) in [5.74, 6) is -0.0671. The van der Waals surface area contributed by atoms with Crippen LogP contribution in [0.25, 0.3) is 0 Å². The van der Waals surface area contributed by atoms with Crippen LogP contribution in [0.15, 0.2) is 6.20 Å². The van der Waals surface area contributed by atoms with Gasteiger partial charge in [-0.15, -0.1) is 11.6 Å². The summed E-state index contributed by atoms with van der Waals surface area (Å²) >= 11 is 5.52. The lowest BCUT2D eigenvalue weighted by Crippen LogP contribution is -2.05. The number of ether oxygens (including phenoxy) is 1. The van der Waals surface area contributed by atoms with E-state index in [0.29, 0.717) is 0 Å². The summed E-state index contributed by atoms with van der Waals surface area (Å²) in [6.07, 6.45) is -1.55. The number of nitrogens with zero attached hydrogens (tertiary/aromatic N) is 1. The van der Waals surface area contributed by atoms with Gasteiger partial charge in [0.25, 0.3) is 6.43 Å². The highest BCUT2D eigenvalue weighted by Crippen LogP contribution is 2.33. The van der Waals surface area contributed by atoms with Gasteiger partial charge in [0.1, 0.15) is 5.75 Å². The lowest BCUT2D eigenvalue weighted by atomic mass is 10.1. The van der Waals surface area contributed by atoms with Gasteiger partial charge in [-0.1, -0.05) is 0 Å². The quantitative estimate of drug-likeness (QED) is 0.817. The first kappa shape index (κ1) is 12.1. The number of rotatable bonds is 4. The van der Waals surface area contributed by atoms with Gasteiger partial charge in [0.05, 0.1) is 37.1 Å². The molecule has 84 valence electrons. The maximum Gasteiger partial charge on any atom is 0.267 e. The van der Waals surface area contributed by atoms with Crippen molar-refractivity contribution < 1.29 is 18.6 Å². The first-order chi connectivity index (χ1) is 7.15. The standard InChI is InChI=1S/C9H10ClF2NO2/c1-15-7-3-13-6(2-10)5(4-14)8(7)9(11)12/h3,9,14H,2,4H2,1H3. The number of aliphatic hydroxyl groups excluding tert-OH is 1. The third-order valence-corrected chi connectivity index (χ3v) is 2.25. The highest BCUT2D eigenvalue weighted by atomic mass is 35.5. The number of halogens is 3. The van der Waals surface area contributed by atoms with Gasteiger partial charge in [0.2, 0.25) is 0 Å². The number of aromatic nitrogens is 1. The number of hydrogen-bond donors (Lipinski definition) is 1. The van der Waals surface area contributed by atoms with Gasteiger partial charge in [-0.2, -0.15) is 0 Å². The lowest BCUT2D eigenvalue weighted by molar-refractivity contribution is 0.142. The van der Waals surface area contributed by atoms with Crippen molar-refractivity contribution in [1.82, 2.24) is 4.98 Å². The Balaban J connectivity index is 3.37. The van der Waals surface area contributed by atoms with Crippen LogP contribution in [0.5, 0.6) is 5.75 Å². The van der Waals surface area contributed by atoms with Crippen LogP contribution in [-0.4, -0.2) is 17.2 Å². The highest BCUT2D eigenvalue weighted by Gasteiger charge is 2.21. The second kappa shape index (κ2) is 5.23. The summed E-state index contributed by atoms with van der Waals surface area (Å²) in [6.45, 7) is -0.536. The van der Waals surface area contributed by atoms with Crippen molar-refractivity contribution >= 4 is 11.6 Å². The number of methoxy groups -OCH3 is 1. The molecule has 1 aromatic heterocycles. The second-order valence-electron chi connectivity index (χ2n) is 2.76. The predicted molar refractivity (Wildman–Crippen MR) is 51.2 cm³/mol. The Labute approximate surface area is 90.7 Å². The number of pyridine rings is 1.